The topological polar surface area (TPSA) is 38.4 Å². The van der Waals surface area contributed by atoms with E-state index in [4.69, 9.17) is 4.74 Å². The molecule has 0 aliphatic heterocycles. The summed E-state index contributed by atoms with van der Waals surface area (Å²) in [7, 11) is 1.68. The van der Waals surface area contributed by atoms with Crippen LogP contribution >= 0.6 is 0 Å². The number of ether oxygens (including phenoxy) is 1. The Balaban J connectivity index is 2.12. The molecule has 0 aliphatic rings. The van der Waals surface area contributed by atoms with Gasteiger partial charge in [0.05, 0.1) is 20.2 Å². The van der Waals surface area contributed by atoms with Gasteiger partial charge in [-0.2, -0.15) is 0 Å². The monoisotopic (exact) mass is 364 g/mol. The summed E-state index contributed by atoms with van der Waals surface area (Å²) >= 11 is 0. The zero-order valence-corrected chi connectivity index (χ0v) is 16.3. The minimum Gasteiger partial charge on any atom is -0.497 e. The van der Waals surface area contributed by atoms with Crippen molar-refractivity contribution in [3.8, 4) is 5.75 Å². The third kappa shape index (κ3) is 3.58. The van der Waals surface area contributed by atoms with Crippen molar-refractivity contribution < 1.29 is 14.1 Å². The Kier molecular flexibility index (Phi) is 5.60. The number of carbonyl (C=O) groups is 1. The van der Waals surface area contributed by atoms with Gasteiger partial charge in [0.15, 0.2) is 11.0 Å². The second-order valence-corrected chi connectivity index (χ2v) is 6.24. The highest BCUT2D eigenvalue weighted by molar-refractivity contribution is 5.94. The molecule has 0 unspecified atom stereocenters. The van der Waals surface area contributed by atoms with Crippen LogP contribution < -0.4 is 14.2 Å². The Hall–Kier alpha value is -3.08. The van der Waals surface area contributed by atoms with Crippen molar-refractivity contribution in [2.45, 2.75) is 33.9 Å². The van der Waals surface area contributed by atoms with Gasteiger partial charge in [-0.15, -0.1) is 0 Å². The molecular formula is C22H26N3O2+. The number of fused-ring (bicyclic) bond motifs is 1. The molecule has 3 rings (SSSR count). The number of carbonyl (C=O) groups excluding carboxylic acids is 1. The SMILES string of the molecule is CCn1c(C=CN(C(C)=O)c2ccccc2)[n+](CC)c2ccc(OC)cc21. The molecule has 1 amide bonds. The molecule has 2 aromatic carbocycles. The number of aromatic nitrogens is 2. The Morgan fingerprint density at radius 2 is 1.93 bits per heavy atom. The van der Waals surface area contributed by atoms with Crippen LogP contribution in [0.15, 0.2) is 54.7 Å². The molecule has 0 atom stereocenters. The largest absolute Gasteiger partial charge is 0.497 e. The van der Waals surface area contributed by atoms with Gasteiger partial charge in [-0.3, -0.25) is 9.69 Å². The van der Waals surface area contributed by atoms with E-state index in [1.165, 1.54) is 0 Å². The van der Waals surface area contributed by atoms with Gasteiger partial charge in [0.1, 0.15) is 5.75 Å². The molecule has 5 nitrogen and oxygen atoms in total. The molecule has 1 aromatic heterocycles. The van der Waals surface area contributed by atoms with Crippen molar-refractivity contribution in [1.82, 2.24) is 4.57 Å². The summed E-state index contributed by atoms with van der Waals surface area (Å²) in [5.41, 5.74) is 3.12. The van der Waals surface area contributed by atoms with E-state index < -0.39 is 0 Å². The van der Waals surface area contributed by atoms with E-state index in [0.717, 1.165) is 41.4 Å². The lowest BCUT2D eigenvalue weighted by molar-refractivity contribution is -0.670. The van der Waals surface area contributed by atoms with E-state index >= 15 is 0 Å². The predicted molar refractivity (Wildman–Crippen MR) is 109 cm³/mol. The molecule has 0 saturated heterocycles. The fourth-order valence-electron chi connectivity index (χ4n) is 3.41. The van der Waals surface area contributed by atoms with Crippen molar-refractivity contribution in [3.63, 3.8) is 0 Å². The zero-order chi connectivity index (χ0) is 19.4. The van der Waals surface area contributed by atoms with Crippen LogP contribution in [0.3, 0.4) is 0 Å². The average molecular weight is 364 g/mol. The van der Waals surface area contributed by atoms with Crippen LogP contribution in [0, 0.1) is 0 Å². The summed E-state index contributed by atoms with van der Waals surface area (Å²) in [4.78, 5) is 13.8. The maximum absolute atomic E-state index is 12.2. The van der Waals surface area contributed by atoms with Crippen molar-refractivity contribution in [2.75, 3.05) is 12.0 Å². The number of benzene rings is 2. The minimum atomic E-state index is -0.0265. The highest BCUT2D eigenvalue weighted by Crippen LogP contribution is 2.22. The van der Waals surface area contributed by atoms with Crippen molar-refractivity contribution >= 4 is 28.7 Å². The van der Waals surface area contributed by atoms with Gasteiger partial charge in [-0.05, 0) is 38.1 Å². The molecule has 0 N–H and O–H groups in total. The predicted octanol–water partition coefficient (Wildman–Crippen LogP) is 4.00. The van der Waals surface area contributed by atoms with Gasteiger partial charge in [0.25, 0.3) is 5.82 Å². The van der Waals surface area contributed by atoms with Crippen LogP contribution in [0.1, 0.15) is 26.6 Å². The Morgan fingerprint density at radius 1 is 1.19 bits per heavy atom. The first-order valence-corrected chi connectivity index (χ1v) is 9.23. The Labute approximate surface area is 160 Å². The number of nitrogens with zero attached hydrogens (tertiary/aromatic N) is 3. The first-order valence-electron chi connectivity index (χ1n) is 9.23. The number of hydrogen-bond acceptors (Lipinski definition) is 2. The lowest BCUT2D eigenvalue weighted by Crippen LogP contribution is -2.35. The third-order valence-electron chi connectivity index (χ3n) is 4.70. The number of aryl methyl sites for hydroxylation is 2. The van der Waals surface area contributed by atoms with Crippen molar-refractivity contribution in [3.05, 3.63) is 60.6 Å². The van der Waals surface area contributed by atoms with Gasteiger partial charge in [0.2, 0.25) is 5.91 Å². The van der Waals surface area contributed by atoms with Crippen LogP contribution in [-0.2, 0) is 17.9 Å². The molecule has 0 radical (unpaired) electrons. The number of anilines is 1. The number of rotatable bonds is 6. The number of imidazole rings is 1. The second-order valence-electron chi connectivity index (χ2n) is 6.24. The van der Waals surface area contributed by atoms with Gasteiger partial charge in [0, 0.05) is 31.0 Å². The maximum Gasteiger partial charge on any atom is 0.283 e. The summed E-state index contributed by atoms with van der Waals surface area (Å²) < 4.78 is 9.88. The molecule has 140 valence electrons. The minimum absolute atomic E-state index is 0.0265. The standard InChI is InChI=1S/C22H26N3O2/c1-5-23-20-13-12-19(27-4)16-21(20)24(6-2)22(23)14-15-25(17(3)26)18-10-8-7-9-11-18/h7-16H,5-6H2,1-4H3/q+1. The van der Waals surface area contributed by atoms with Gasteiger partial charge >= 0.3 is 0 Å². The number of para-hydroxylation sites is 1. The van der Waals surface area contributed by atoms with E-state index in [1.807, 2.05) is 48.7 Å². The van der Waals surface area contributed by atoms with Crippen LogP contribution in [-0.4, -0.2) is 17.6 Å². The molecule has 0 spiro atoms. The quantitative estimate of drug-likeness (QED) is 0.620. The van der Waals surface area contributed by atoms with Crippen LogP contribution in [0.25, 0.3) is 17.1 Å². The van der Waals surface area contributed by atoms with Crippen LogP contribution in [0.2, 0.25) is 0 Å². The molecular weight excluding hydrogens is 338 g/mol. The molecule has 27 heavy (non-hydrogen) atoms. The van der Waals surface area contributed by atoms with E-state index in [2.05, 4.69) is 35.1 Å². The fraction of sp³-hybridized carbons (Fsp3) is 0.273. The van der Waals surface area contributed by atoms with E-state index in [-0.39, 0.29) is 5.91 Å². The molecule has 3 aromatic rings. The summed E-state index contributed by atoms with van der Waals surface area (Å²) in [6, 6.07) is 15.8. The number of methoxy groups -OCH3 is 1. The van der Waals surface area contributed by atoms with Gasteiger partial charge in [-0.25, -0.2) is 9.13 Å². The van der Waals surface area contributed by atoms with Crippen LogP contribution in [0.5, 0.6) is 5.75 Å². The van der Waals surface area contributed by atoms with E-state index in [1.54, 1.807) is 18.9 Å². The Morgan fingerprint density at radius 3 is 2.52 bits per heavy atom. The van der Waals surface area contributed by atoms with Crippen molar-refractivity contribution in [2.24, 2.45) is 0 Å². The summed E-state index contributed by atoms with van der Waals surface area (Å²) in [6.45, 7) is 7.48. The smallest absolute Gasteiger partial charge is 0.283 e. The summed E-state index contributed by atoms with van der Waals surface area (Å²) in [5.74, 6) is 1.86. The number of hydrogen-bond donors (Lipinski definition) is 0. The number of amides is 1. The first-order chi connectivity index (χ1) is 13.1. The average Bonchev–Trinajstić information content (AvgIpc) is 3.00. The normalized spacial score (nSPS) is 11.3. The highest BCUT2D eigenvalue weighted by Gasteiger charge is 2.22. The summed E-state index contributed by atoms with van der Waals surface area (Å²) in [6.07, 6.45) is 3.86. The Bertz CT molecular complexity index is 974. The molecule has 0 fully saturated rings. The molecule has 5 heteroatoms. The lowest BCUT2D eigenvalue weighted by atomic mass is 10.3. The fourth-order valence-corrected chi connectivity index (χ4v) is 3.41. The second kappa shape index (κ2) is 8.08. The zero-order valence-electron chi connectivity index (χ0n) is 16.3. The molecule has 0 bridgehead atoms. The van der Waals surface area contributed by atoms with Gasteiger partial charge in [-0.1, -0.05) is 18.2 Å². The molecule has 0 saturated carbocycles. The maximum atomic E-state index is 12.2. The molecule has 0 aliphatic carbocycles. The highest BCUT2D eigenvalue weighted by atomic mass is 16.5. The van der Waals surface area contributed by atoms with E-state index in [9.17, 15) is 4.79 Å². The van der Waals surface area contributed by atoms with E-state index in [0.29, 0.717) is 0 Å². The lowest BCUT2D eigenvalue weighted by Gasteiger charge is -2.15. The van der Waals surface area contributed by atoms with Crippen molar-refractivity contribution in [1.29, 1.82) is 0 Å². The molecule has 1 heterocycles. The van der Waals surface area contributed by atoms with Crippen LogP contribution in [0.4, 0.5) is 5.69 Å². The summed E-state index contributed by atoms with van der Waals surface area (Å²) in [5, 5.41) is 0. The third-order valence-corrected chi connectivity index (χ3v) is 4.70. The van der Waals surface area contributed by atoms with Gasteiger partial charge < -0.3 is 4.74 Å². The first kappa shape index (κ1) is 18.7.